The number of rotatable bonds is 8. The lowest BCUT2D eigenvalue weighted by Crippen LogP contribution is -2.44. The third-order valence-electron chi connectivity index (χ3n) is 2.67. The van der Waals surface area contributed by atoms with E-state index in [4.69, 9.17) is 22.1 Å². The van der Waals surface area contributed by atoms with Gasteiger partial charge in [-0.3, -0.25) is 4.79 Å². The maximum atomic E-state index is 11.7. The predicted octanol–water partition coefficient (Wildman–Crippen LogP) is 2.73. The highest BCUT2D eigenvalue weighted by molar-refractivity contribution is 7.98. The standard InChI is InChI=1S/C14H21ClN2O2S.ClH/c1-10(19-12-5-3-4-11(15)8-12)9-17-14(18)13(16)6-7-20-2;/h3-5,8,10,13H,6-7,9,16H2,1-2H3,(H,17,18);1H/t10?,13-;/m0./s1. The van der Waals surface area contributed by atoms with Gasteiger partial charge in [0.15, 0.2) is 0 Å². The number of nitrogens with one attached hydrogen (secondary N) is 1. The maximum absolute atomic E-state index is 11.7. The summed E-state index contributed by atoms with van der Waals surface area (Å²) in [6.45, 7) is 2.30. The summed E-state index contributed by atoms with van der Waals surface area (Å²) < 4.78 is 5.66. The van der Waals surface area contributed by atoms with E-state index in [1.54, 1.807) is 23.9 Å². The van der Waals surface area contributed by atoms with Gasteiger partial charge in [-0.05, 0) is 43.6 Å². The highest BCUT2D eigenvalue weighted by Crippen LogP contribution is 2.18. The average molecular weight is 353 g/mol. The zero-order chi connectivity index (χ0) is 15.0. The van der Waals surface area contributed by atoms with Crippen LogP contribution >= 0.6 is 35.8 Å². The second kappa shape index (κ2) is 11.0. The van der Waals surface area contributed by atoms with Crippen molar-refractivity contribution in [1.29, 1.82) is 0 Å². The fraction of sp³-hybridized carbons (Fsp3) is 0.500. The van der Waals surface area contributed by atoms with E-state index >= 15 is 0 Å². The van der Waals surface area contributed by atoms with Crippen molar-refractivity contribution in [3.05, 3.63) is 29.3 Å². The van der Waals surface area contributed by atoms with Crippen LogP contribution in [0.2, 0.25) is 5.02 Å². The van der Waals surface area contributed by atoms with Crippen molar-refractivity contribution < 1.29 is 9.53 Å². The molecule has 2 atom stereocenters. The molecule has 0 aliphatic rings. The molecule has 1 rings (SSSR count). The van der Waals surface area contributed by atoms with Crippen molar-refractivity contribution >= 4 is 41.7 Å². The summed E-state index contributed by atoms with van der Waals surface area (Å²) in [6, 6.07) is 6.71. The summed E-state index contributed by atoms with van der Waals surface area (Å²) in [5.41, 5.74) is 5.78. The molecular formula is C14H22Cl2N2O2S. The van der Waals surface area contributed by atoms with Gasteiger partial charge in [0.2, 0.25) is 5.91 Å². The zero-order valence-electron chi connectivity index (χ0n) is 12.2. The first-order chi connectivity index (χ1) is 9.52. The van der Waals surface area contributed by atoms with E-state index in [1.165, 1.54) is 0 Å². The predicted molar refractivity (Wildman–Crippen MR) is 92.8 cm³/mol. The van der Waals surface area contributed by atoms with Crippen molar-refractivity contribution in [2.75, 3.05) is 18.6 Å². The van der Waals surface area contributed by atoms with Crippen LogP contribution in [0.1, 0.15) is 13.3 Å². The number of thioether (sulfide) groups is 1. The number of hydrogen-bond acceptors (Lipinski definition) is 4. The number of halogens is 2. The van der Waals surface area contributed by atoms with Crippen LogP contribution in [0.4, 0.5) is 0 Å². The third-order valence-corrected chi connectivity index (χ3v) is 3.55. The zero-order valence-corrected chi connectivity index (χ0v) is 14.6. The number of nitrogens with two attached hydrogens (primary N) is 1. The van der Waals surface area contributed by atoms with Crippen LogP contribution in [-0.2, 0) is 4.79 Å². The first-order valence-corrected chi connectivity index (χ1v) is 8.24. The molecule has 0 saturated heterocycles. The van der Waals surface area contributed by atoms with Gasteiger partial charge in [0.25, 0.3) is 0 Å². The number of ether oxygens (including phenoxy) is 1. The van der Waals surface area contributed by atoms with Gasteiger partial charge in [0.1, 0.15) is 11.9 Å². The topological polar surface area (TPSA) is 64.4 Å². The number of benzene rings is 1. The van der Waals surface area contributed by atoms with E-state index in [1.807, 2.05) is 25.3 Å². The fourth-order valence-corrected chi connectivity index (χ4v) is 2.24. The van der Waals surface area contributed by atoms with Gasteiger partial charge >= 0.3 is 0 Å². The molecule has 0 heterocycles. The Bertz CT molecular complexity index is 435. The molecule has 3 N–H and O–H groups in total. The molecule has 0 fully saturated rings. The van der Waals surface area contributed by atoms with Crippen LogP contribution in [-0.4, -0.2) is 36.6 Å². The van der Waals surface area contributed by atoms with Gasteiger partial charge in [0.05, 0.1) is 12.6 Å². The second-order valence-corrected chi connectivity index (χ2v) is 5.94. The van der Waals surface area contributed by atoms with E-state index in [-0.39, 0.29) is 24.4 Å². The van der Waals surface area contributed by atoms with Crippen molar-refractivity contribution in [3.8, 4) is 5.75 Å². The fourth-order valence-electron chi connectivity index (χ4n) is 1.57. The minimum absolute atomic E-state index is 0. The van der Waals surface area contributed by atoms with Crippen LogP contribution < -0.4 is 15.8 Å². The highest BCUT2D eigenvalue weighted by atomic mass is 35.5. The van der Waals surface area contributed by atoms with E-state index in [0.717, 1.165) is 5.75 Å². The summed E-state index contributed by atoms with van der Waals surface area (Å²) in [5.74, 6) is 1.43. The molecule has 0 spiro atoms. The average Bonchev–Trinajstić information content (AvgIpc) is 2.42. The Morgan fingerprint density at radius 1 is 1.52 bits per heavy atom. The molecule has 21 heavy (non-hydrogen) atoms. The molecule has 1 aromatic carbocycles. The Balaban J connectivity index is 0.00000400. The molecule has 0 saturated carbocycles. The quantitative estimate of drug-likeness (QED) is 0.754. The first-order valence-electron chi connectivity index (χ1n) is 6.47. The van der Waals surface area contributed by atoms with Crippen LogP contribution in [0.3, 0.4) is 0 Å². The molecule has 0 aliphatic carbocycles. The second-order valence-electron chi connectivity index (χ2n) is 4.52. The van der Waals surface area contributed by atoms with Gasteiger partial charge < -0.3 is 15.8 Å². The molecule has 120 valence electrons. The lowest BCUT2D eigenvalue weighted by molar-refractivity contribution is -0.122. The molecule has 0 aliphatic heterocycles. The van der Waals surface area contributed by atoms with E-state index < -0.39 is 6.04 Å². The van der Waals surface area contributed by atoms with E-state index in [9.17, 15) is 4.79 Å². The maximum Gasteiger partial charge on any atom is 0.237 e. The van der Waals surface area contributed by atoms with Crippen LogP contribution in [0.15, 0.2) is 24.3 Å². The summed E-state index contributed by atoms with van der Waals surface area (Å²) >= 11 is 7.56. The van der Waals surface area contributed by atoms with Crippen molar-refractivity contribution in [2.45, 2.75) is 25.5 Å². The molecule has 7 heteroatoms. The SMILES string of the molecule is CSCC[C@H](N)C(=O)NCC(C)Oc1cccc(Cl)c1.Cl. The molecule has 4 nitrogen and oxygen atoms in total. The summed E-state index contributed by atoms with van der Waals surface area (Å²) in [7, 11) is 0. The monoisotopic (exact) mass is 352 g/mol. The van der Waals surface area contributed by atoms with Crippen LogP contribution in [0, 0.1) is 0 Å². The van der Waals surface area contributed by atoms with Gasteiger partial charge in [0, 0.05) is 5.02 Å². The van der Waals surface area contributed by atoms with Gasteiger partial charge in [-0.1, -0.05) is 17.7 Å². The van der Waals surface area contributed by atoms with Crippen molar-refractivity contribution in [1.82, 2.24) is 5.32 Å². The summed E-state index contributed by atoms with van der Waals surface area (Å²) in [5, 5.41) is 3.42. The Kier molecular flexibility index (Phi) is 10.7. The van der Waals surface area contributed by atoms with Crippen LogP contribution in [0.25, 0.3) is 0 Å². The third kappa shape index (κ3) is 8.41. The lowest BCUT2D eigenvalue weighted by Gasteiger charge is -2.17. The van der Waals surface area contributed by atoms with Gasteiger partial charge in [-0.15, -0.1) is 12.4 Å². The number of carbonyl (C=O) groups excluding carboxylic acids is 1. The summed E-state index contributed by atoms with van der Waals surface area (Å²) in [6.07, 6.45) is 2.52. The van der Waals surface area contributed by atoms with E-state index in [0.29, 0.717) is 23.7 Å². The molecule has 0 radical (unpaired) electrons. The molecule has 1 aromatic rings. The number of carbonyl (C=O) groups is 1. The molecule has 0 aromatic heterocycles. The van der Waals surface area contributed by atoms with Gasteiger partial charge in [-0.25, -0.2) is 0 Å². The van der Waals surface area contributed by atoms with Crippen LogP contribution in [0.5, 0.6) is 5.75 Å². The van der Waals surface area contributed by atoms with Crippen molar-refractivity contribution in [3.63, 3.8) is 0 Å². The molecule has 1 amide bonds. The first kappa shape index (κ1) is 20.4. The normalized spacial score (nSPS) is 13.0. The lowest BCUT2D eigenvalue weighted by atomic mass is 10.2. The van der Waals surface area contributed by atoms with E-state index in [2.05, 4.69) is 5.32 Å². The smallest absolute Gasteiger partial charge is 0.237 e. The van der Waals surface area contributed by atoms with Gasteiger partial charge in [-0.2, -0.15) is 11.8 Å². The Morgan fingerprint density at radius 3 is 2.86 bits per heavy atom. The largest absolute Gasteiger partial charge is 0.489 e. The molecular weight excluding hydrogens is 331 g/mol. The minimum Gasteiger partial charge on any atom is -0.489 e. The van der Waals surface area contributed by atoms with Crippen molar-refractivity contribution in [2.24, 2.45) is 5.73 Å². The molecule has 1 unspecified atom stereocenters. The number of amides is 1. The Hall–Kier alpha value is -0.620. The Labute approximate surface area is 141 Å². The highest BCUT2D eigenvalue weighted by Gasteiger charge is 2.14. The Morgan fingerprint density at radius 2 is 2.24 bits per heavy atom. The summed E-state index contributed by atoms with van der Waals surface area (Å²) in [4.78, 5) is 11.7. The molecule has 0 bridgehead atoms. The number of hydrogen-bond donors (Lipinski definition) is 2. The minimum atomic E-state index is -0.458.